The Morgan fingerprint density at radius 3 is 2.56 bits per heavy atom. The van der Waals surface area contributed by atoms with E-state index in [4.69, 9.17) is 38.4 Å². The van der Waals surface area contributed by atoms with E-state index in [1.54, 1.807) is 0 Å². The van der Waals surface area contributed by atoms with Crippen LogP contribution in [0.3, 0.4) is 0 Å². The van der Waals surface area contributed by atoms with Crippen LogP contribution in [0.5, 0.6) is 0 Å². The molecule has 0 amide bonds. The van der Waals surface area contributed by atoms with Crippen LogP contribution >= 0.6 is 23.2 Å². The Balaban J connectivity index is 1.45. The molecule has 1 unspecified atom stereocenters. The van der Waals surface area contributed by atoms with Gasteiger partial charge in [-0.1, -0.05) is 18.7 Å². The zero-order valence-electron chi connectivity index (χ0n) is 19.7. The van der Waals surface area contributed by atoms with Crippen molar-refractivity contribution in [3.63, 3.8) is 0 Å². The van der Waals surface area contributed by atoms with Crippen LogP contribution in [0, 0.1) is 0 Å². The zero-order chi connectivity index (χ0) is 26.3. The van der Waals surface area contributed by atoms with Crippen LogP contribution in [0.15, 0.2) is 53.9 Å². The lowest BCUT2D eigenvalue weighted by Gasteiger charge is -2.31. The highest BCUT2D eigenvalue weighted by Gasteiger charge is 2.61. The predicted molar refractivity (Wildman–Crippen MR) is 135 cm³/mol. The molecule has 8 nitrogen and oxygen atoms in total. The Kier molecular flexibility index (Phi) is 9.95. The second-order valence-electron chi connectivity index (χ2n) is 8.39. The number of aliphatic hydroxyl groups excluding tert-OH is 1. The van der Waals surface area contributed by atoms with Gasteiger partial charge in [-0.2, -0.15) is 8.78 Å². The first-order valence-corrected chi connectivity index (χ1v) is 12.6. The highest BCUT2D eigenvalue weighted by atomic mass is 35.5. The third-order valence-electron chi connectivity index (χ3n) is 5.86. The number of amidine groups is 1. The molecule has 0 aliphatic carbocycles. The molecule has 3 N–H and O–H groups in total. The van der Waals surface area contributed by atoms with E-state index in [0.717, 1.165) is 16.2 Å². The van der Waals surface area contributed by atoms with E-state index in [1.807, 2.05) is 24.3 Å². The van der Waals surface area contributed by atoms with Crippen molar-refractivity contribution in [3.8, 4) is 0 Å². The number of rotatable bonds is 12. The smallest absolute Gasteiger partial charge is 0.320 e. The van der Waals surface area contributed by atoms with Gasteiger partial charge in [0, 0.05) is 43.2 Å². The molecule has 1 fully saturated rings. The van der Waals surface area contributed by atoms with Crippen molar-refractivity contribution in [2.75, 3.05) is 36.4 Å². The minimum Gasteiger partial charge on any atom is -0.463 e. The molecule has 2 heterocycles. The largest absolute Gasteiger partial charge is 0.463 e. The van der Waals surface area contributed by atoms with Crippen molar-refractivity contribution in [1.82, 2.24) is 4.90 Å². The molecule has 0 bridgehead atoms. The number of hydrogen-bond donors (Lipinski definition) is 2. The Bertz CT molecular complexity index is 971. The summed E-state index contributed by atoms with van der Waals surface area (Å²) >= 11 is 11.7. The summed E-state index contributed by atoms with van der Waals surface area (Å²) in [5.74, 6) is -3.17. The maximum absolute atomic E-state index is 14.7. The summed E-state index contributed by atoms with van der Waals surface area (Å²) in [5, 5.41) is 10.1. The fourth-order valence-corrected chi connectivity index (χ4v) is 4.35. The summed E-state index contributed by atoms with van der Waals surface area (Å²) in [5.41, 5.74) is 7.59. The number of carbonyl (C=O) groups excluding carboxylic acids is 1. The number of nitrogens with two attached hydrogens (primary N) is 1. The first kappa shape index (κ1) is 28.2. The van der Waals surface area contributed by atoms with Crippen molar-refractivity contribution in [2.45, 2.75) is 43.6 Å². The van der Waals surface area contributed by atoms with E-state index in [2.05, 4.69) is 16.5 Å². The predicted octanol–water partition coefficient (Wildman–Crippen LogP) is 3.22. The highest BCUT2D eigenvalue weighted by molar-refractivity contribution is 6.18. The van der Waals surface area contributed by atoms with Gasteiger partial charge in [0.1, 0.15) is 24.4 Å². The fraction of sp³-hybridized carbons (Fsp3) is 0.500. The Morgan fingerprint density at radius 2 is 1.94 bits per heavy atom. The van der Waals surface area contributed by atoms with Crippen molar-refractivity contribution in [3.05, 3.63) is 54.5 Å². The van der Waals surface area contributed by atoms with E-state index >= 15 is 0 Å². The van der Waals surface area contributed by atoms with Crippen LogP contribution in [-0.2, 0) is 20.7 Å². The number of nitrogens with zero attached hydrogens (tertiary/aromatic N) is 3. The Morgan fingerprint density at radius 1 is 1.28 bits per heavy atom. The number of ether oxygens (including phenoxy) is 2. The third kappa shape index (κ3) is 6.88. The van der Waals surface area contributed by atoms with Crippen molar-refractivity contribution in [2.24, 2.45) is 10.7 Å². The molecule has 1 saturated heterocycles. The first-order chi connectivity index (χ1) is 17.2. The monoisotopic (exact) mass is 546 g/mol. The molecule has 12 heteroatoms. The summed E-state index contributed by atoms with van der Waals surface area (Å²) in [6.07, 6.45) is -1.63. The normalized spacial score (nSPS) is 23.0. The lowest BCUT2D eigenvalue weighted by atomic mass is 10.1. The Hall–Kier alpha value is -2.40. The van der Waals surface area contributed by atoms with Crippen LogP contribution in [-0.4, -0.2) is 77.6 Å². The molecule has 2 aliphatic heterocycles. The molecule has 3 rings (SSSR count). The molecule has 0 radical (unpaired) electrons. The molecule has 0 spiro atoms. The molecule has 0 aromatic heterocycles. The third-order valence-corrected chi connectivity index (χ3v) is 6.20. The average Bonchev–Trinajstić information content (AvgIpc) is 3.06. The maximum atomic E-state index is 14.7. The van der Waals surface area contributed by atoms with Gasteiger partial charge in [-0.25, -0.2) is 4.99 Å². The zero-order valence-corrected chi connectivity index (χ0v) is 21.2. The standard InChI is InChI=1S/C24H30Cl2F2N4O4/c1-16-30-20(29)9-12-32(16)23-24(27,28)22(34)19(36-23)15-35-21(33)4-2-3-17-5-7-18(8-6-17)31(13-10-25)14-11-26/h5-9,12,19,22-23,34H,1-4,10-11,13-15H2,(H2,29,30)/t19-,22?,23-/m1/s1. The van der Waals surface area contributed by atoms with Gasteiger partial charge in [0.2, 0.25) is 6.23 Å². The number of aliphatic imine (C=N–C) groups is 1. The van der Waals surface area contributed by atoms with Gasteiger partial charge in [0.25, 0.3) is 0 Å². The minimum absolute atomic E-state index is 0.0524. The van der Waals surface area contributed by atoms with Gasteiger partial charge in [-0.3, -0.25) is 4.79 Å². The van der Waals surface area contributed by atoms with Crippen LogP contribution in [0.1, 0.15) is 18.4 Å². The summed E-state index contributed by atoms with van der Waals surface area (Å²) in [6.45, 7) is 4.46. The lowest BCUT2D eigenvalue weighted by molar-refractivity contribution is -0.153. The average molecular weight is 547 g/mol. The van der Waals surface area contributed by atoms with E-state index in [-0.39, 0.29) is 18.1 Å². The molecule has 36 heavy (non-hydrogen) atoms. The van der Waals surface area contributed by atoms with Gasteiger partial charge >= 0.3 is 11.9 Å². The quantitative estimate of drug-likeness (QED) is 0.306. The Labute approximate surface area is 218 Å². The van der Waals surface area contributed by atoms with Crippen molar-refractivity contribution >= 4 is 40.7 Å². The van der Waals surface area contributed by atoms with E-state index < -0.39 is 36.9 Å². The number of aryl methyl sites for hydroxylation is 1. The number of anilines is 1. The van der Waals surface area contributed by atoms with E-state index in [0.29, 0.717) is 37.7 Å². The topological polar surface area (TPSA) is 101 Å². The molecule has 3 atom stereocenters. The van der Waals surface area contributed by atoms with Crippen LogP contribution in [0.4, 0.5) is 14.5 Å². The second kappa shape index (κ2) is 12.7. The van der Waals surface area contributed by atoms with E-state index in [1.165, 1.54) is 12.3 Å². The molecule has 198 valence electrons. The minimum atomic E-state index is -3.65. The van der Waals surface area contributed by atoms with Crippen LogP contribution in [0.25, 0.3) is 0 Å². The second-order valence-corrected chi connectivity index (χ2v) is 9.15. The number of hydrogen-bond acceptors (Lipinski definition) is 8. The maximum Gasteiger partial charge on any atom is 0.320 e. The molecule has 2 aliphatic rings. The summed E-state index contributed by atoms with van der Waals surface area (Å²) in [7, 11) is 0. The first-order valence-electron chi connectivity index (χ1n) is 11.5. The molecule has 1 aromatic rings. The number of aliphatic hydroxyl groups is 1. The van der Waals surface area contributed by atoms with Gasteiger partial charge in [0.05, 0.1) is 0 Å². The SMILES string of the molecule is C=C1N=C(N)C=CN1[C@@H]1O[C@H](COC(=O)CCCc2ccc(N(CCCl)CCCl)cc2)C(O)C1(F)F. The van der Waals surface area contributed by atoms with Gasteiger partial charge in [0.15, 0.2) is 6.10 Å². The van der Waals surface area contributed by atoms with Gasteiger partial charge in [-0.15, -0.1) is 23.2 Å². The van der Waals surface area contributed by atoms with Crippen LogP contribution < -0.4 is 10.6 Å². The fourth-order valence-electron chi connectivity index (χ4n) is 3.94. The molecule has 0 saturated carbocycles. The van der Waals surface area contributed by atoms with Gasteiger partial charge < -0.3 is 30.1 Å². The number of carbonyl (C=O) groups is 1. The lowest BCUT2D eigenvalue weighted by Crippen LogP contribution is -2.47. The molecular formula is C24H30Cl2F2N4O4. The molecular weight excluding hydrogens is 517 g/mol. The summed E-state index contributed by atoms with van der Waals surface area (Å²) in [4.78, 5) is 19.1. The number of alkyl halides is 4. The summed E-state index contributed by atoms with van der Waals surface area (Å²) < 4.78 is 39.8. The van der Waals surface area contributed by atoms with Crippen molar-refractivity contribution in [1.29, 1.82) is 0 Å². The molecule has 1 aromatic carbocycles. The number of esters is 1. The van der Waals surface area contributed by atoms with Gasteiger partial charge in [-0.05, 0) is 36.6 Å². The van der Waals surface area contributed by atoms with Crippen molar-refractivity contribution < 1.29 is 28.2 Å². The number of halogens is 4. The number of benzene rings is 1. The highest BCUT2D eigenvalue weighted by Crippen LogP contribution is 2.40. The summed E-state index contributed by atoms with van der Waals surface area (Å²) in [6, 6.07) is 7.91. The van der Waals surface area contributed by atoms with E-state index in [9.17, 15) is 18.7 Å². The van der Waals surface area contributed by atoms with Crippen LogP contribution in [0.2, 0.25) is 0 Å².